The summed E-state index contributed by atoms with van der Waals surface area (Å²) in [5.41, 5.74) is 1.51. The number of hydrogen-bond donors (Lipinski definition) is 0. The van der Waals surface area contributed by atoms with Crippen LogP contribution < -0.4 is 24.8 Å². The molecule has 0 aliphatic rings. The number of rotatable bonds is 23. The molecule has 0 saturated carbocycles. The number of unbranched alkanes of at least 4 members (excludes halogenated alkanes) is 7. The largest absolute Gasteiger partial charge is 1.00 e. The molecule has 0 unspecified atom stereocenters. The Morgan fingerprint density at radius 2 is 0.769 bits per heavy atom. The molecule has 0 atom stereocenters. The van der Waals surface area contributed by atoms with Crippen LogP contribution in [0.2, 0.25) is 0 Å². The highest BCUT2D eigenvalue weighted by atomic mass is 35.5. The van der Waals surface area contributed by atoms with E-state index in [1.165, 1.54) is 126 Å². The fraction of sp³-hybridized carbons (Fsp3) is 0.829. The molecule has 0 saturated heterocycles. The van der Waals surface area contributed by atoms with E-state index in [-0.39, 0.29) is 24.8 Å². The quantitative estimate of drug-likeness (QED) is 0.112. The number of nitrogens with zero attached hydrogens (tertiary/aromatic N) is 1. The molecule has 1 aromatic rings. The zero-order valence-electron chi connectivity index (χ0n) is 27.6. The van der Waals surface area contributed by atoms with Crippen LogP contribution >= 0.6 is 7.26 Å². The molecule has 234 valence electrons. The van der Waals surface area contributed by atoms with Crippen molar-refractivity contribution in [3.63, 3.8) is 0 Å². The van der Waals surface area contributed by atoms with Crippen LogP contribution in [0.5, 0.6) is 0 Å². The van der Waals surface area contributed by atoms with Gasteiger partial charge in [0, 0.05) is 12.8 Å². The van der Waals surface area contributed by atoms with E-state index in [9.17, 15) is 0 Å². The summed E-state index contributed by atoms with van der Waals surface area (Å²) in [4.78, 5) is 0. The second kappa shape index (κ2) is 29.7. The molecule has 1 aromatic carbocycles. The molecule has 0 amide bonds. The van der Waals surface area contributed by atoms with Gasteiger partial charge < -0.3 is 29.3 Å². The monoisotopic (exact) mass is 605 g/mol. The average molecular weight is 607 g/mol. The predicted molar refractivity (Wildman–Crippen MR) is 176 cm³/mol. The van der Waals surface area contributed by atoms with Gasteiger partial charge in [-0.15, -0.1) is 0 Å². The van der Waals surface area contributed by atoms with Crippen LogP contribution in [-0.4, -0.2) is 48.8 Å². The highest BCUT2D eigenvalue weighted by Crippen LogP contribution is 2.61. The first-order valence-corrected chi connectivity index (χ1v) is 19.3. The minimum absolute atomic E-state index is 0. The van der Waals surface area contributed by atoms with Gasteiger partial charge in [-0.05, 0) is 44.9 Å². The molecule has 0 heterocycles. The van der Waals surface area contributed by atoms with Gasteiger partial charge in [0.05, 0.1) is 44.3 Å². The maximum Gasteiger partial charge on any atom is 0.104 e. The van der Waals surface area contributed by atoms with E-state index >= 15 is 0 Å². The summed E-state index contributed by atoms with van der Waals surface area (Å²) >= 11 is 0. The standard InChI is InChI=1S/C19H34N.C16H36P.2ClH/c1-4-7-15-20(16-8-5-2,17-9-6-3)18-19-13-11-10-12-14-19;1-5-9-13-17(14-10-6-2,15-11-7-3)16-12-8-4;;/h10-14H,4-9,15-18H2,1-3H3;5-16H2,1-4H3;2*1H/q2*+1;;/p-2. The molecule has 0 aromatic heterocycles. The van der Waals surface area contributed by atoms with E-state index in [4.69, 9.17) is 0 Å². The average Bonchev–Trinajstić information content (AvgIpc) is 2.94. The van der Waals surface area contributed by atoms with Gasteiger partial charge in [-0.3, -0.25) is 0 Å². The van der Waals surface area contributed by atoms with Crippen LogP contribution in [0, 0.1) is 0 Å². The Morgan fingerprint density at radius 1 is 0.462 bits per heavy atom. The van der Waals surface area contributed by atoms with Crippen LogP contribution in [0.15, 0.2) is 30.3 Å². The smallest absolute Gasteiger partial charge is 0.104 e. The van der Waals surface area contributed by atoms with Crippen molar-refractivity contribution in [1.29, 1.82) is 0 Å². The highest BCUT2D eigenvalue weighted by molar-refractivity contribution is 7.75. The third-order valence-electron chi connectivity index (χ3n) is 8.26. The van der Waals surface area contributed by atoms with Gasteiger partial charge in [-0.2, -0.15) is 0 Å². The molecule has 1 nitrogen and oxygen atoms in total. The molecule has 39 heavy (non-hydrogen) atoms. The summed E-state index contributed by atoms with van der Waals surface area (Å²) < 4.78 is 1.31. The summed E-state index contributed by atoms with van der Waals surface area (Å²) in [6.07, 6.45) is 26.0. The number of halogens is 2. The van der Waals surface area contributed by atoms with E-state index in [2.05, 4.69) is 78.8 Å². The van der Waals surface area contributed by atoms with Crippen molar-refractivity contribution in [3.05, 3.63) is 35.9 Å². The van der Waals surface area contributed by atoms with E-state index < -0.39 is 7.26 Å². The topological polar surface area (TPSA) is 0 Å². The molecule has 0 aliphatic heterocycles. The van der Waals surface area contributed by atoms with Crippen molar-refractivity contribution in [2.24, 2.45) is 0 Å². The lowest BCUT2D eigenvalue weighted by molar-refractivity contribution is -0.941. The van der Waals surface area contributed by atoms with Crippen LogP contribution in [-0.2, 0) is 6.54 Å². The van der Waals surface area contributed by atoms with Gasteiger partial charge >= 0.3 is 0 Å². The molecule has 0 radical (unpaired) electrons. The molecule has 1 rings (SSSR count). The predicted octanol–water partition coefficient (Wildman–Crippen LogP) is 5.62. The summed E-state index contributed by atoms with van der Waals surface area (Å²) in [6, 6.07) is 11.1. The zero-order chi connectivity index (χ0) is 27.7. The maximum atomic E-state index is 2.36. The first kappa shape index (κ1) is 43.6. The molecule has 4 heteroatoms. The van der Waals surface area contributed by atoms with Gasteiger partial charge in [0.2, 0.25) is 0 Å². The van der Waals surface area contributed by atoms with E-state index in [1.807, 2.05) is 0 Å². The first-order chi connectivity index (χ1) is 18.0. The van der Waals surface area contributed by atoms with Gasteiger partial charge in [0.15, 0.2) is 0 Å². The molecular weight excluding hydrogens is 536 g/mol. The molecule has 0 bridgehead atoms. The van der Waals surface area contributed by atoms with Gasteiger partial charge in [0.25, 0.3) is 0 Å². The lowest BCUT2D eigenvalue weighted by atomic mass is 10.1. The number of quaternary nitrogens is 1. The number of hydrogen-bond acceptors (Lipinski definition) is 0. The zero-order valence-corrected chi connectivity index (χ0v) is 30.0. The summed E-state index contributed by atoms with van der Waals surface area (Å²) in [5.74, 6) is 0. The molecular formula is C35H70Cl2NP. The van der Waals surface area contributed by atoms with Crippen molar-refractivity contribution in [3.8, 4) is 0 Å². The van der Waals surface area contributed by atoms with Gasteiger partial charge in [0.1, 0.15) is 6.54 Å². The van der Waals surface area contributed by atoms with Gasteiger partial charge in [-0.1, -0.05) is 124 Å². The second-order valence-corrected chi connectivity index (χ2v) is 16.3. The normalized spacial score (nSPS) is 11.3. The van der Waals surface area contributed by atoms with Gasteiger partial charge in [-0.25, -0.2) is 0 Å². The minimum Gasteiger partial charge on any atom is -1.00 e. The van der Waals surface area contributed by atoms with Crippen LogP contribution in [0.25, 0.3) is 0 Å². The Kier molecular flexibility index (Phi) is 33.2. The van der Waals surface area contributed by atoms with E-state index in [0.29, 0.717) is 0 Å². The Bertz CT molecular complexity index is 536. The van der Waals surface area contributed by atoms with Crippen molar-refractivity contribution in [2.45, 2.75) is 145 Å². The maximum absolute atomic E-state index is 2.36. The number of benzene rings is 1. The van der Waals surface area contributed by atoms with Crippen molar-refractivity contribution in [1.82, 2.24) is 0 Å². The summed E-state index contributed by atoms with van der Waals surface area (Å²) in [7, 11) is -0.562. The molecule has 0 aliphatic carbocycles. The molecule has 0 fully saturated rings. The van der Waals surface area contributed by atoms with Crippen molar-refractivity contribution >= 4 is 7.26 Å². The Labute approximate surface area is 260 Å². The van der Waals surface area contributed by atoms with E-state index in [0.717, 1.165) is 0 Å². The SMILES string of the molecule is CCCC[N+](CCCC)(CCCC)Cc1ccccc1.CCCC[P+](CCCC)(CCCC)CCCC.[Cl-].[Cl-]. The summed E-state index contributed by atoms with van der Waals surface area (Å²) in [6.45, 7) is 21.7. The third-order valence-corrected chi connectivity index (χ3v) is 13.3. The Hall–Kier alpha value is 0.190. The molecule has 0 spiro atoms. The lowest BCUT2D eigenvalue weighted by Gasteiger charge is -2.39. The minimum atomic E-state index is -0.562. The fourth-order valence-electron chi connectivity index (χ4n) is 5.67. The van der Waals surface area contributed by atoms with Crippen molar-refractivity contribution < 1.29 is 29.3 Å². The van der Waals surface area contributed by atoms with Crippen LogP contribution in [0.1, 0.15) is 144 Å². The summed E-state index contributed by atoms with van der Waals surface area (Å²) in [5, 5.41) is 0. The molecule has 0 N–H and O–H groups in total. The Balaban J connectivity index is -0.000000641. The first-order valence-electron chi connectivity index (χ1n) is 16.7. The third kappa shape index (κ3) is 21.5. The van der Waals surface area contributed by atoms with Crippen molar-refractivity contribution in [2.75, 3.05) is 44.3 Å². The highest BCUT2D eigenvalue weighted by Gasteiger charge is 2.34. The fourth-order valence-corrected chi connectivity index (χ4v) is 11.0. The van der Waals surface area contributed by atoms with Crippen LogP contribution in [0.4, 0.5) is 0 Å². The van der Waals surface area contributed by atoms with Crippen LogP contribution in [0.3, 0.4) is 0 Å². The van der Waals surface area contributed by atoms with E-state index in [1.54, 1.807) is 24.6 Å². The Morgan fingerprint density at radius 3 is 1.05 bits per heavy atom. The second-order valence-electron chi connectivity index (χ2n) is 11.9. The lowest BCUT2D eigenvalue weighted by Crippen LogP contribution is -3.00.